The predicted octanol–water partition coefficient (Wildman–Crippen LogP) is -0.538. The van der Waals surface area contributed by atoms with Crippen molar-refractivity contribution in [2.45, 2.75) is 11.7 Å². The lowest BCUT2D eigenvalue weighted by molar-refractivity contribution is 0.196. The van der Waals surface area contributed by atoms with E-state index in [1.54, 1.807) is 0 Å². The van der Waals surface area contributed by atoms with E-state index in [9.17, 15) is 12.8 Å². The van der Waals surface area contributed by atoms with E-state index in [0.717, 1.165) is 12.4 Å². The number of halogens is 1. The van der Waals surface area contributed by atoms with Gasteiger partial charge in [-0.2, -0.15) is 0 Å². The van der Waals surface area contributed by atoms with Gasteiger partial charge in [0.1, 0.15) is 11.1 Å². The third-order valence-electron chi connectivity index (χ3n) is 1.90. The highest BCUT2D eigenvalue weighted by molar-refractivity contribution is 7.89. The fourth-order valence-electron chi connectivity index (χ4n) is 1.10. The van der Waals surface area contributed by atoms with Crippen molar-refractivity contribution in [1.82, 2.24) is 9.97 Å². The number of nitrogens with two attached hydrogens (primary N) is 1. The van der Waals surface area contributed by atoms with Crippen LogP contribution >= 0.6 is 0 Å². The molecule has 16 heavy (non-hydrogen) atoms. The Hall–Kier alpha value is -1.12. The van der Waals surface area contributed by atoms with E-state index in [1.165, 1.54) is 7.11 Å². The molecule has 1 rings (SSSR count). The van der Waals surface area contributed by atoms with Crippen molar-refractivity contribution in [2.75, 3.05) is 13.7 Å². The normalized spacial score (nSPS) is 13.7. The van der Waals surface area contributed by atoms with Crippen LogP contribution in [0, 0.1) is 5.82 Å². The van der Waals surface area contributed by atoms with Crippen LogP contribution in [0.25, 0.3) is 0 Å². The summed E-state index contributed by atoms with van der Waals surface area (Å²) in [5.74, 6) is -0.375. The Balaban J connectivity index is 2.80. The van der Waals surface area contributed by atoms with Gasteiger partial charge in [0.2, 0.25) is 10.0 Å². The second-order valence-electron chi connectivity index (χ2n) is 3.19. The van der Waals surface area contributed by atoms with Gasteiger partial charge in [-0.25, -0.2) is 27.9 Å². The number of ether oxygens (including phenoxy) is 1. The van der Waals surface area contributed by atoms with E-state index < -0.39 is 21.1 Å². The van der Waals surface area contributed by atoms with Gasteiger partial charge in [0.15, 0.2) is 5.82 Å². The van der Waals surface area contributed by atoms with E-state index >= 15 is 0 Å². The SMILES string of the molecule is COCC(Cc1ncc(F)cn1)S(N)(=O)=O. The Kier molecular flexibility index (Phi) is 4.27. The third-order valence-corrected chi connectivity index (χ3v) is 3.13. The number of nitrogens with zero attached hydrogens (tertiary/aromatic N) is 2. The molecule has 0 aliphatic heterocycles. The molecule has 0 bridgehead atoms. The average Bonchev–Trinajstić information content (AvgIpc) is 2.19. The fourth-order valence-corrected chi connectivity index (χ4v) is 1.81. The minimum Gasteiger partial charge on any atom is -0.383 e. The number of hydrogen-bond acceptors (Lipinski definition) is 5. The van der Waals surface area contributed by atoms with Crippen LogP contribution in [0.5, 0.6) is 0 Å². The van der Waals surface area contributed by atoms with E-state index in [2.05, 4.69) is 9.97 Å². The van der Waals surface area contributed by atoms with Crippen molar-refractivity contribution >= 4 is 10.0 Å². The second-order valence-corrected chi connectivity index (χ2v) is 5.03. The van der Waals surface area contributed by atoms with E-state index in [4.69, 9.17) is 9.88 Å². The fraction of sp³-hybridized carbons (Fsp3) is 0.500. The molecule has 90 valence electrons. The van der Waals surface area contributed by atoms with Crippen LogP contribution in [0.15, 0.2) is 12.4 Å². The number of primary sulfonamides is 1. The highest BCUT2D eigenvalue weighted by atomic mass is 32.2. The zero-order chi connectivity index (χ0) is 12.2. The summed E-state index contributed by atoms with van der Waals surface area (Å²) in [7, 11) is -2.37. The summed E-state index contributed by atoms with van der Waals surface area (Å²) < 4.78 is 39.6. The molecule has 2 N–H and O–H groups in total. The first-order valence-electron chi connectivity index (χ1n) is 4.40. The van der Waals surface area contributed by atoms with Gasteiger partial charge in [0.25, 0.3) is 0 Å². The van der Waals surface area contributed by atoms with Crippen molar-refractivity contribution in [3.8, 4) is 0 Å². The molecule has 1 aromatic rings. The monoisotopic (exact) mass is 249 g/mol. The van der Waals surface area contributed by atoms with Gasteiger partial charge in [-0.1, -0.05) is 0 Å². The minimum absolute atomic E-state index is 0.00699. The van der Waals surface area contributed by atoms with Gasteiger partial charge in [-0.05, 0) is 0 Å². The molecule has 1 aromatic heterocycles. The lowest BCUT2D eigenvalue weighted by atomic mass is 10.3. The largest absolute Gasteiger partial charge is 0.383 e. The third kappa shape index (κ3) is 3.80. The van der Waals surface area contributed by atoms with E-state index in [-0.39, 0.29) is 18.9 Å². The highest BCUT2D eigenvalue weighted by Crippen LogP contribution is 2.05. The Morgan fingerprint density at radius 1 is 1.50 bits per heavy atom. The zero-order valence-electron chi connectivity index (χ0n) is 8.63. The second kappa shape index (κ2) is 5.28. The van der Waals surface area contributed by atoms with Crippen LogP contribution in [-0.4, -0.2) is 37.4 Å². The first-order chi connectivity index (χ1) is 7.43. The molecular weight excluding hydrogens is 237 g/mol. The van der Waals surface area contributed by atoms with Crippen molar-refractivity contribution in [3.05, 3.63) is 24.0 Å². The molecule has 0 fully saturated rings. The van der Waals surface area contributed by atoms with Gasteiger partial charge in [0.05, 0.1) is 19.0 Å². The van der Waals surface area contributed by atoms with Gasteiger partial charge in [0, 0.05) is 13.5 Å². The van der Waals surface area contributed by atoms with Crippen LogP contribution < -0.4 is 5.14 Å². The molecule has 0 amide bonds. The summed E-state index contributed by atoms with van der Waals surface area (Å²) in [6.45, 7) is -0.0560. The van der Waals surface area contributed by atoms with Crippen LogP contribution in [0.3, 0.4) is 0 Å². The van der Waals surface area contributed by atoms with Crippen LogP contribution in [0.2, 0.25) is 0 Å². The maximum atomic E-state index is 12.5. The van der Waals surface area contributed by atoms with Gasteiger partial charge >= 0.3 is 0 Å². The van der Waals surface area contributed by atoms with Crippen LogP contribution in [-0.2, 0) is 21.2 Å². The molecule has 0 spiro atoms. The standard InChI is InChI=1S/C8H12FN3O3S/c1-15-5-7(16(10,13)14)2-8-11-3-6(9)4-12-8/h3-4,7H,2,5H2,1H3,(H2,10,13,14). The topological polar surface area (TPSA) is 95.2 Å². The van der Waals surface area contributed by atoms with Gasteiger partial charge in [-0.15, -0.1) is 0 Å². The lowest BCUT2D eigenvalue weighted by Crippen LogP contribution is -2.34. The highest BCUT2D eigenvalue weighted by Gasteiger charge is 2.23. The summed E-state index contributed by atoms with van der Waals surface area (Å²) in [6, 6.07) is 0. The first kappa shape index (κ1) is 12.9. The zero-order valence-corrected chi connectivity index (χ0v) is 9.45. The Bertz CT molecular complexity index is 434. The van der Waals surface area contributed by atoms with Crippen LogP contribution in [0.1, 0.15) is 5.82 Å². The number of hydrogen-bond donors (Lipinski definition) is 1. The number of aromatic nitrogens is 2. The molecule has 8 heteroatoms. The molecule has 0 saturated carbocycles. The molecule has 1 unspecified atom stereocenters. The molecule has 0 aliphatic rings. The maximum Gasteiger partial charge on any atom is 0.214 e. The minimum atomic E-state index is -3.73. The Labute approximate surface area is 92.7 Å². The predicted molar refractivity (Wildman–Crippen MR) is 54.5 cm³/mol. The number of methoxy groups -OCH3 is 1. The Morgan fingerprint density at radius 3 is 2.50 bits per heavy atom. The molecular formula is C8H12FN3O3S. The molecule has 0 radical (unpaired) electrons. The quantitative estimate of drug-likeness (QED) is 0.756. The summed E-state index contributed by atoms with van der Waals surface area (Å²) in [6.07, 6.45) is 1.93. The molecule has 0 saturated heterocycles. The lowest BCUT2D eigenvalue weighted by Gasteiger charge is -2.12. The summed E-state index contributed by atoms with van der Waals surface area (Å²) in [4.78, 5) is 7.30. The molecule has 0 aromatic carbocycles. The Morgan fingerprint density at radius 2 is 2.06 bits per heavy atom. The summed E-state index contributed by atoms with van der Waals surface area (Å²) in [5.41, 5.74) is 0. The van der Waals surface area contributed by atoms with Crippen LogP contribution in [0.4, 0.5) is 4.39 Å². The molecule has 1 heterocycles. The smallest absolute Gasteiger partial charge is 0.214 e. The van der Waals surface area contributed by atoms with Crippen molar-refractivity contribution in [3.63, 3.8) is 0 Å². The van der Waals surface area contributed by atoms with Crippen molar-refractivity contribution in [2.24, 2.45) is 5.14 Å². The first-order valence-corrected chi connectivity index (χ1v) is 6.01. The van der Waals surface area contributed by atoms with Gasteiger partial charge < -0.3 is 4.74 Å². The molecule has 1 atom stereocenters. The molecule has 0 aliphatic carbocycles. The van der Waals surface area contributed by atoms with Gasteiger partial charge in [-0.3, -0.25) is 0 Å². The number of rotatable bonds is 5. The van der Waals surface area contributed by atoms with Crippen molar-refractivity contribution in [1.29, 1.82) is 0 Å². The summed E-state index contributed by atoms with van der Waals surface area (Å²) >= 11 is 0. The molecule has 6 nitrogen and oxygen atoms in total. The van der Waals surface area contributed by atoms with Crippen molar-refractivity contribution < 1.29 is 17.5 Å². The van der Waals surface area contributed by atoms with E-state index in [1.807, 2.05) is 0 Å². The average molecular weight is 249 g/mol. The number of sulfonamides is 1. The van der Waals surface area contributed by atoms with E-state index in [0.29, 0.717) is 0 Å². The maximum absolute atomic E-state index is 12.5. The summed E-state index contributed by atoms with van der Waals surface area (Å²) in [5, 5.41) is 4.08.